The number of imide groups is 1. The molecule has 1 atom stereocenters. The van der Waals surface area contributed by atoms with Gasteiger partial charge in [0.05, 0.1) is 0 Å². The van der Waals surface area contributed by atoms with Crippen molar-refractivity contribution in [3.63, 3.8) is 0 Å². The molecule has 0 aliphatic carbocycles. The number of benzene rings is 1. The number of fused-ring (bicyclic) bond motifs is 1. The van der Waals surface area contributed by atoms with Crippen LogP contribution in [-0.4, -0.2) is 46.9 Å². The van der Waals surface area contributed by atoms with E-state index < -0.39 is 11.6 Å². The minimum atomic E-state index is -0.574. The largest absolute Gasteiger partial charge is 0.444 e. The van der Waals surface area contributed by atoms with Crippen LogP contribution >= 0.6 is 0 Å². The number of hydrogen-bond acceptors (Lipinski definition) is 5. The number of carbonyl (C=O) groups is 4. The fourth-order valence-corrected chi connectivity index (χ4v) is 4.54. The standard InChI is InChI=1S/C26H37N3O5/c1-26(2,3)34-25(33)27-16-9-7-5-4-6-8-11-18-12-10-13-19-20(18)17-29(24(19)32)21-14-15-22(30)28-23(21)31/h10,12-13,21H,4-9,11,14-17H2,1-3H3,(H,27,33)(H,28,30,31). The number of carbonyl (C=O) groups excluding carboxylic acids is 4. The number of nitrogens with one attached hydrogen (secondary N) is 2. The Balaban J connectivity index is 1.36. The Morgan fingerprint density at radius 3 is 2.50 bits per heavy atom. The SMILES string of the molecule is CC(C)(C)OC(=O)NCCCCCCCCc1cccc2c1CN(C1CCC(=O)NC1=O)C2=O. The van der Waals surface area contributed by atoms with E-state index in [1.807, 2.05) is 32.9 Å². The van der Waals surface area contributed by atoms with Crippen molar-refractivity contribution in [3.05, 3.63) is 34.9 Å². The van der Waals surface area contributed by atoms with Crippen LogP contribution in [0, 0.1) is 0 Å². The predicted molar refractivity (Wildman–Crippen MR) is 128 cm³/mol. The van der Waals surface area contributed by atoms with E-state index in [2.05, 4.69) is 16.7 Å². The number of aryl methyl sites for hydroxylation is 1. The summed E-state index contributed by atoms with van der Waals surface area (Å²) in [4.78, 5) is 49.8. The lowest BCUT2D eigenvalue weighted by atomic mass is 9.98. The third-order valence-corrected chi connectivity index (χ3v) is 6.22. The molecule has 0 aromatic heterocycles. The normalized spacial score (nSPS) is 18.0. The third-order valence-electron chi connectivity index (χ3n) is 6.22. The average Bonchev–Trinajstić information content (AvgIpc) is 3.08. The van der Waals surface area contributed by atoms with Gasteiger partial charge in [-0.05, 0) is 63.6 Å². The molecule has 2 heterocycles. The van der Waals surface area contributed by atoms with Crippen LogP contribution in [0.25, 0.3) is 0 Å². The maximum Gasteiger partial charge on any atom is 0.407 e. The van der Waals surface area contributed by atoms with E-state index in [9.17, 15) is 19.2 Å². The second kappa shape index (κ2) is 11.5. The second-order valence-electron chi connectivity index (χ2n) is 10.1. The zero-order valence-corrected chi connectivity index (χ0v) is 20.6. The Kier molecular flexibility index (Phi) is 8.69. The maximum atomic E-state index is 12.9. The molecule has 0 saturated carbocycles. The minimum absolute atomic E-state index is 0.119. The van der Waals surface area contributed by atoms with Gasteiger partial charge in [-0.1, -0.05) is 37.8 Å². The molecule has 1 saturated heterocycles. The fourth-order valence-electron chi connectivity index (χ4n) is 4.54. The van der Waals surface area contributed by atoms with Gasteiger partial charge in [-0.25, -0.2) is 4.79 Å². The highest BCUT2D eigenvalue weighted by Gasteiger charge is 2.39. The van der Waals surface area contributed by atoms with Crippen LogP contribution in [0.3, 0.4) is 0 Å². The average molecular weight is 472 g/mol. The first-order chi connectivity index (χ1) is 16.2. The second-order valence-corrected chi connectivity index (χ2v) is 10.1. The van der Waals surface area contributed by atoms with E-state index in [-0.39, 0.29) is 30.2 Å². The van der Waals surface area contributed by atoms with E-state index in [0.717, 1.165) is 50.5 Å². The molecular weight excluding hydrogens is 434 g/mol. The number of hydrogen-bond donors (Lipinski definition) is 2. The molecule has 0 radical (unpaired) electrons. The molecule has 1 aromatic carbocycles. The third kappa shape index (κ3) is 7.05. The monoisotopic (exact) mass is 471 g/mol. The quantitative estimate of drug-likeness (QED) is 0.398. The first-order valence-electron chi connectivity index (χ1n) is 12.4. The fraction of sp³-hybridized carbons (Fsp3) is 0.615. The number of unbranched alkanes of at least 4 members (excludes halogenated alkanes) is 5. The van der Waals surface area contributed by atoms with E-state index in [1.54, 1.807) is 4.90 Å². The van der Waals surface area contributed by atoms with Crippen LogP contribution in [0.2, 0.25) is 0 Å². The summed E-state index contributed by atoms with van der Waals surface area (Å²) in [6.07, 6.45) is 7.57. The summed E-state index contributed by atoms with van der Waals surface area (Å²) in [5, 5.41) is 5.14. The first-order valence-corrected chi connectivity index (χ1v) is 12.4. The molecule has 1 aromatic rings. The Morgan fingerprint density at radius 2 is 1.79 bits per heavy atom. The van der Waals surface area contributed by atoms with Gasteiger partial charge in [-0.15, -0.1) is 0 Å². The first kappa shape index (κ1) is 25.7. The molecule has 1 unspecified atom stereocenters. The number of rotatable bonds is 10. The highest BCUT2D eigenvalue weighted by atomic mass is 16.6. The van der Waals surface area contributed by atoms with Crippen LogP contribution in [0.1, 0.15) is 93.6 Å². The summed E-state index contributed by atoms with van der Waals surface area (Å²) in [5.74, 6) is -0.767. The van der Waals surface area contributed by atoms with E-state index in [1.165, 1.54) is 5.56 Å². The molecule has 3 rings (SSSR count). The Hall–Kier alpha value is -2.90. The van der Waals surface area contributed by atoms with Crippen molar-refractivity contribution in [2.24, 2.45) is 0 Å². The molecule has 1 fully saturated rings. The summed E-state index contributed by atoms with van der Waals surface area (Å²) in [7, 11) is 0. The number of ether oxygens (including phenoxy) is 1. The molecule has 186 valence electrons. The van der Waals surface area contributed by atoms with E-state index in [4.69, 9.17) is 4.74 Å². The molecular formula is C26H37N3O5. The number of amides is 4. The van der Waals surface area contributed by atoms with Gasteiger partial charge in [0, 0.05) is 25.1 Å². The summed E-state index contributed by atoms with van der Waals surface area (Å²) in [5.41, 5.74) is 2.40. The van der Waals surface area contributed by atoms with Crippen molar-refractivity contribution in [1.29, 1.82) is 0 Å². The molecule has 8 nitrogen and oxygen atoms in total. The summed E-state index contributed by atoms with van der Waals surface area (Å²) in [6, 6.07) is 5.24. The molecule has 2 aliphatic rings. The molecule has 8 heteroatoms. The topological polar surface area (TPSA) is 105 Å². The molecule has 34 heavy (non-hydrogen) atoms. The molecule has 0 spiro atoms. The Bertz CT molecular complexity index is 922. The summed E-state index contributed by atoms with van der Waals surface area (Å²) >= 11 is 0. The van der Waals surface area contributed by atoms with Crippen molar-refractivity contribution in [2.45, 2.75) is 96.7 Å². The van der Waals surface area contributed by atoms with Gasteiger partial charge in [0.1, 0.15) is 11.6 Å². The van der Waals surface area contributed by atoms with Crippen LogP contribution in [0.15, 0.2) is 18.2 Å². The highest BCUT2D eigenvalue weighted by molar-refractivity contribution is 6.05. The van der Waals surface area contributed by atoms with Crippen LogP contribution in [-0.2, 0) is 27.3 Å². The van der Waals surface area contributed by atoms with Gasteiger partial charge in [-0.3, -0.25) is 19.7 Å². The van der Waals surface area contributed by atoms with Gasteiger partial charge in [0.2, 0.25) is 11.8 Å². The Labute approximate surface area is 201 Å². The van der Waals surface area contributed by atoms with Crippen molar-refractivity contribution in [3.8, 4) is 0 Å². The van der Waals surface area contributed by atoms with Crippen molar-refractivity contribution < 1.29 is 23.9 Å². The van der Waals surface area contributed by atoms with Gasteiger partial charge >= 0.3 is 6.09 Å². The van der Waals surface area contributed by atoms with E-state index in [0.29, 0.717) is 25.1 Å². The molecule has 0 bridgehead atoms. The molecule has 2 aliphatic heterocycles. The molecule has 4 amide bonds. The Morgan fingerprint density at radius 1 is 1.09 bits per heavy atom. The number of nitrogens with zero attached hydrogens (tertiary/aromatic N) is 1. The maximum absolute atomic E-state index is 12.9. The summed E-state index contributed by atoms with van der Waals surface area (Å²) < 4.78 is 5.22. The number of alkyl carbamates (subject to hydrolysis) is 1. The lowest BCUT2D eigenvalue weighted by Crippen LogP contribution is -2.52. The molecule has 2 N–H and O–H groups in total. The van der Waals surface area contributed by atoms with Gasteiger partial charge < -0.3 is 15.0 Å². The van der Waals surface area contributed by atoms with Gasteiger partial charge in [-0.2, -0.15) is 0 Å². The predicted octanol–water partition coefficient (Wildman–Crippen LogP) is 3.86. The summed E-state index contributed by atoms with van der Waals surface area (Å²) in [6.45, 7) is 6.61. The van der Waals surface area contributed by atoms with Crippen molar-refractivity contribution >= 4 is 23.8 Å². The van der Waals surface area contributed by atoms with Crippen molar-refractivity contribution in [2.75, 3.05) is 6.54 Å². The number of piperidine rings is 1. The van der Waals surface area contributed by atoms with Gasteiger partial charge in [0.15, 0.2) is 0 Å². The zero-order chi connectivity index (χ0) is 24.7. The smallest absolute Gasteiger partial charge is 0.407 e. The lowest BCUT2D eigenvalue weighted by molar-refractivity contribution is -0.136. The van der Waals surface area contributed by atoms with Crippen LogP contribution < -0.4 is 10.6 Å². The lowest BCUT2D eigenvalue weighted by Gasteiger charge is -2.29. The van der Waals surface area contributed by atoms with Crippen LogP contribution in [0.5, 0.6) is 0 Å². The minimum Gasteiger partial charge on any atom is -0.444 e. The highest BCUT2D eigenvalue weighted by Crippen LogP contribution is 2.30. The van der Waals surface area contributed by atoms with Gasteiger partial charge in [0.25, 0.3) is 5.91 Å². The zero-order valence-electron chi connectivity index (χ0n) is 20.6. The van der Waals surface area contributed by atoms with Crippen molar-refractivity contribution in [1.82, 2.24) is 15.5 Å². The van der Waals surface area contributed by atoms with Crippen LogP contribution in [0.4, 0.5) is 4.79 Å². The van der Waals surface area contributed by atoms with E-state index >= 15 is 0 Å².